The van der Waals surface area contributed by atoms with Gasteiger partial charge in [-0.05, 0) is 34.5 Å². The fourth-order valence-corrected chi connectivity index (χ4v) is 3.04. The number of amides is 1. The maximum Gasteiger partial charge on any atom is 0.259 e. The van der Waals surface area contributed by atoms with Crippen LogP contribution in [0.25, 0.3) is 10.8 Å². The van der Waals surface area contributed by atoms with Crippen molar-refractivity contribution in [1.29, 1.82) is 0 Å². The van der Waals surface area contributed by atoms with Gasteiger partial charge in [0.15, 0.2) is 0 Å². The molecule has 0 spiro atoms. The van der Waals surface area contributed by atoms with Crippen LogP contribution in [-0.4, -0.2) is 5.91 Å². The Morgan fingerprint density at radius 3 is 2.48 bits per heavy atom. The van der Waals surface area contributed by atoms with Crippen molar-refractivity contribution in [2.24, 2.45) is 0 Å². The Labute approximate surface area is 122 Å². The molecule has 1 amide bonds. The molecular weight excluding hydrogens is 260 g/mol. The minimum Gasteiger partial charge on any atom is -0.397 e. The highest BCUT2D eigenvalue weighted by Gasteiger charge is 2.27. The van der Waals surface area contributed by atoms with E-state index in [1.807, 2.05) is 54.6 Å². The summed E-state index contributed by atoms with van der Waals surface area (Å²) in [6, 6.07) is 19.5. The van der Waals surface area contributed by atoms with E-state index in [0.717, 1.165) is 27.6 Å². The van der Waals surface area contributed by atoms with Crippen LogP contribution in [0.4, 0.5) is 11.4 Å². The van der Waals surface area contributed by atoms with Crippen LogP contribution in [0, 0.1) is 0 Å². The van der Waals surface area contributed by atoms with Crippen LogP contribution in [0.1, 0.15) is 15.9 Å². The molecule has 2 N–H and O–H groups in total. The van der Waals surface area contributed by atoms with Crippen molar-refractivity contribution in [3.8, 4) is 0 Å². The molecule has 0 bridgehead atoms. The lowest BCUT2D eigenvalue weighted by atomic mass is 9.94. The smallest absolute Gasteiger partial charge is 0.259 e. The first-order valence-electron chi connectivity index (χ1n) is 6.93. The number of nitrogens with two attached hydrogens (primary N) is 1. The number of anilines is 2. The summed E-state index contributed by atoms with van der Waals surface area (Å²) >= 11 is 0. The van der Waals surface area contributed by atoms with Gasteiger partial charge in [-0.2, -0.15) is 0 Å². The van der Waals surface area contributed by atoms with Gasteiger partial charge in [0, 0.05) is 5.56 Å². The summed E-state index contributed by atoms with van der Waals surface area (Å²) in [7, 11) is 0. The van der Waals surface area contributed by atoms with E-state index in [0.29, 0.717) is 12.2 Å². The summed E-state index contributed by atoms with van der Waals surface area (Å²) in [6.07, 6.45) is 0. The fourth-order valence-electron chi connectivity index (χ4n) is 3.04. The van der Waals surface area contributed by atoms with Crippen molar-refractivity contribution in [2.45, 2.75) is 6.54 Å². The molecule has 21 heavy (non-hydrogen) atoms. The molecule has 3 aromatic rings. The third-order valence-electron chi connectivity index (χ3n) is 4.02. The number of rotatable bonds is 1. The van der Waals surface area contributed by atoms with Crippen LogP contribution < -0.4 is 10.6 Å². The van der Waals surface area contributed by atoms with Gasteiger partial charge in [-0.1, -0.05) is 42.5 Å². The van der Waals surface area contributed by atoms with Crippen molar-refractivity contribution in [3.63, 3.8) is 0 Å². The van der Waals surface area contributed by atoms with E-state index in [2.05, 4.69) is 6.07 Å². The van der Waals surface area contributed by atoms with Crippen LogP contribution in [0.15, 0.2) is 60.7 Å². The highest BCUT2D eigenvalue weighted by atomic mass is 16.2. The van der Waals surface area contributed by atoms with Crippen molar-refractivity contribution >= 4 is 28.1 Å². The quantitative estimate of drug-likeness (QED) is 0.689. The summed E-state index contributed by atoms with van der Waals surface area (Å²) in [4.78, 5) is 14.6. The largest absolute Gasteiger partial charge is 0.397 e. The van der Waals surface area contributed by atoms with Crippen molar-refractivity contribution in [3.05, 3.63) is 71.8 Å². The molecular formula is C18H14N2O. The predicted octanol–water partition coefficient (Wildman–Crippen LogP) is 3.58. The Morgan fingerprint density at radius 2 is 1.67 bits per heavy atom. The fraction of sp³-hybridized carbons (Fsp3) is 0.0556. The zero-order valence-corrected chi connectivity index (χ0v) is 11.4. The van der Waals surface area contributed by atoms with Crippen molar-refractivity contribution < 1.29 is 4.79 Å². The maximum absolute atomic E-state index is 12.8. The Morgan fingerprint density at radius 1 is 0.905 bits per heavy atom. The number of carbonyl (C=O) groups excluding carboxylic acids is 1. The molecule has 0 radical (unpaired) electrons. The number of para-hydroxylation sites is 2. The molecule has 0 saturated heterocycles. The Hall–Kier alpha value is -2.81. The molecule has 1 heterocycles. The van der Waals surface area contributed by atoms with Gasteiger partial charge in [0.1, 0.15) is 0 Å². The number of carbonyl (C=O) groups is 1. The monoisotopic (exact) mass is 274 g/mol. The second kappa shape index (κ2) is 4.35. The molecule has 3 heteroatoms. The highest BCUT2D eigenvalue weighted by molar-refractivity contribution is 6.17. The lowest BCUT2D eigenvalue weighted by Crippen LogP contribution is -2.34. The molecule has 3 nitrogen and oxygen atoms in total. The number of nitrogens with zero attached hydrogens (tertiary/aromatic N) is 1. The average Bonchev–Trinajstić information content (AvgIpc) is 2.52. The standard InChI is InChI=1S/C18H14N2O/c19-15-9-1-2-10-16(15)20-11-13-7-3-5-12-6-4-8-14(17(12)13)18(20)21/h1-10H,11,19H2. The topological polar surface area (TPSA) is 46.3 Å². The summed E-state index contributed by atoms with van der Waals surface area (Å²) < 4.78 is 0. The first-order chi connectivity index (χ1) is 10.3. The molecule has 0 saturated carbocycles. The van der Waals surface area contributed by atoms with Gasteiger partial charge >= 0.3 is 0 Å². The minimum absolute atomic E-state index is 0.0113. The van der Waals surface area contributed by atoms with E-state index < -0.39 is 0 Å². The maximum atomic E-state index is 12.8. The summed E-state index contributed by atoms with van der Waals surface area (Å²) in [5.74, 6) is 0.0113. The van der Waals surface area contributed by atoms with Gasteiger partial charge in [-0.15, -0.1) is 0 Å². The minimum atomic E-state index is 0.0113. The second-order valence-corrected chi connectivity index (χ2v) is 5.27. The van der Waals surface area contributed by atoms with Crippen molar-refractivity contribution in [2.75, 3.05) is 10.6 Å². The molecule has 0 aromatic heterocycles. The third kappa shape index (κ3) is 1.71. The highest BCUT2D eigenvalue weighted by Crippen LogP contribution is 2.34. The zero-order chi connectivity index (χ0) is 14.4. The van der Waals surface area contributed by atoms with E-state index >= 15 is 0 Å². The van der Waals surface area contributed by atoms with E-state index in [1.165, 1.54) is 0 Å². The molecule has 0 aliphatic carbocycles. The number of hydrogen-bond acceptors (Lipinski definition) is 2. The van der Waals surface area contributed by atoms with Gasteiger partial charge in [-0.25, -0.2) is 0 Å². The Kier molecular flexibility index (Phi) is 2.48. The van der Waals surface area contributed by atoms with Crippen LogP contribution in [0.2, 0.25) is 0 Å². The summed E-state index contributed by atoms with van der Waals surface area (Å²) in [5.41, 5.74) is 9.34. The first-order valence-corrected chi connectivity index (χ1v) is 6.93. The third-order valence-corrected chi connectivity index (χ3v) is 4.02. The molecule has 1 aliphatic rings. The lowest BCUT2D eigenvalue weighted by Gasteiger charge is -2.29. The molecule has 102 valence electrons. The van der Waals surface area contributed by atoms with E-state index in [-0.39, 0.29) is 5.91 Å². The SMILES string of the molecule is Nc1ccccc1N1Cc2cccc3cccc(c23)C1=O. The lowest BCUT2D eigenvalue weighted by molar-refractivity contribution is 0.0984. The Balaban J connectivity index is 1.94. The number of benzene rings is 3. The molecule has 0 atom stereocenters. The van der Waals surface area contributed by atoms with Crippen LogP contribution in [-0.2, 0) is 6.54 Å². The summed E-state index contributed by atoms with van der Waals surface area (Å²) in [6.45, 7) is 0.557. The molecule has 1 aliphatic heterocycles. The first kappa shape index (κ1) is 12.0. The number of nitrogen functional groups attached to an aromatic ring is 1. The van der Waals surface area contributed by atoms with Gasteiger partial charge in [-0.3, -0.25) is 4.79 Å². The molecule has 4 rings (SSSR count). The molecule has 0 unspecified atom stereocenters. The second-order valence-electron chi connectivity index (χ2n) is 5.27. The molecule has 3 aromatic carbocycles. The Bertz CT molecular complexity index is 865. The van der Waals surface area contributed by atoms with Gasteiger partial charge < -0.3 is 10.6 Å². The van der Waals surface area contributed by atoms with Gasteiger partial charge in [0.2, 0.25) is 0 Å². The number of hydrogen-bond donors (Lipinski definition) is 1. The van der Waals surface area contributed by atoms with E-state index in [1.54, 1.807) is 4.90 Å². The van der Waals surface area contributed by atoms with Crippen LogP contribution in [0.3, 0.4) is 0 Å². The average molecular weight is 274 g/mol. The van der Waals surface area contributed by atoms with Crippen LogP contribution >= 0.6 is 0 Å². The zero-order valence-electron chi connectivity index (χ0n) is 11.4. The van der Waals surface area contributed by atoms with Gasteiger partial charge in [0.25, 0.3) is 5.91 Å². The summed E-state index contributed by atoms with van der Waals surface area (Å²) in [5, 5.41) is 2.18. The predicted molar refractivity (Wildman–Crippen MR) is 85.3 cm³/mol. The molecule has 0 fully saturated rings. The van der Waals surface area contributed by atoms with E-state index in [4.69, 9.17) is 5.73 Å². The van der Waals surface area contributed by atoms with Crippen molar-refractivity contribution in [1.82, 2.24) is 0 Å². The normalized spacial score (nSPS) is 13.7. The van der Waals surface area contributed by atoms with E-state index in [9.17, 15) is 4.79 Å². The van der Waals surface area contributed by atoms with Gasteiger partial charge in [0.05, 0.1) is 17.9 Å². The van der Waals surface area contributed by atoms with Crippen LogP contribution in [0.5, 0.6) is 0 Å².